The minimum Gasteiger partial charge on any atom is -0.496 e. The van der Waals surface area contributed by atoms with Gasteiger partial charge in [0, 0.05) is 80.2 Å². The Labute approximate surface area is 266 Å². The van der Waals surface area contributed by atoms with Gasteiger partial charge in [0.15, 0.2) is 0 Å². The van der Waals surface area contributed by atoms with Crippen LogP contribution in [0.5, 0.6) is 5.75 Å². The van der Waals surface area contributed by atoms with Gasteiger partial charge in [0.1, 0.15) is 34.8 Å². The number of pyridine rings is 1. The summed E-state index contributed by atoms with van der Waals surface area (Å²) in [5, 5.41) is 12.1. The maximum Gasteiger partial charge on any atom is 0.276 e. The van der Waals surface area contributed by atoms with Crippen LogP contribution in [-0.4, -0.2) is 81.6 Å². The average Bonchev–Trinajstić information content (AvgIpc) is 3.54. The van der Waals surface area contributed by atoms with Crippen LogP contribution in [0.3, 0.4) is 0 Å². The summed E-state index contributed by atoms with van der Waals surface area (Å²) in [7, 11) is 3.05. The molecule has 2 aliphatic rings. The van der Waals surface area contributed by atoms with E-state index in [-0.39, 0.29) is 49.3 Å². The first-order valence-electron chi connectivity index (χ1n) is 15.0. The van der Waals surface area contributed by atoms with E-state index in [1.807, 2.05) is 4.90 Å². The predicted octanol–water partition coefficient (Wildman–Crippen LogP) is 2.46. The molecule has 2 aromatic heterocycles. The Morgan fingerprint density at radius 2 is 1.72 bits per heavy atom. The van der Waals surface area contributed by atoms with E-state index in [1.54, 1.807) is 19.3 Å². The van der Waals surface area contributed by atoms with Crippen LogP contribution >= 0.6 is 0 Å². The molecule has 2 aliphatic heterocycles. The third-order valence-electron chi connectivity index (χ3n) is 8.63. The maximum absolute atomic E-state index is 15.6. The molecule has 0 aliphatic carbocycles. The Balaban J connectivity index is 1.09. The van der Waals surface area contributed by atoms with Crippen molar-refractivity contribution in [3.63, 3.8) is 0 Å². The van der Waals surface area contributed by atoms with E-state index < -0.39 is 47.6 Å². The summed E-state index contributed by atoms with van der Waals surface area (Å²) in [5.41, 5.74) is 1.16. The highest BCUT2D eigenvalue weighted by atomic mass is 19.1. The molecule has 4 heterocycles. The fourth-order valence-electron chi connectivity index (χ4n) is 6.01. The molecule has 3 amide bonds. The first-order valence-corrected chi connectivity index (χ1v) is 15.0. The van der Waals surface area contributed by atoms with Crippen molar-refractivity contribution in [1.82, 2.24) is 29.9 Å². The van der Waals surface area contributed by atoms with Gasteiger partial charge >= 0.3 is 0 Å². The van der Waals surface area contributed by atoms with Crippen molar-refractivity contribution in [1.29, 1.82) is 0 Å². The molecule has 0 spiro atoms. The van der Waals surface area contributed by atoms with Gasteiger partial charge in [-0.1, -0.05) is 0 Å². The standard InChI is InChI=1S/C32H32F3N7O5/c1-40-15-21(20-14-36-39-30(20)32(40)46)17-9-23(33)22(27(10-17)47-2)16-41-5-7-42(8-6-41)29(44)13-19-24(34)11-18(12-25(19)35)37-26-3-4-28(43)38-31(26)45/h9-12,14-15,26,37H,3-8,13,16H2,1-2H3,(H,36,39)(H,38,43,45). The molecule has 47 heavy (non-hydrogen) atoms. The smallest absolute Gasteiger partial charge is 0.276 e. The number of piperazine rings is 1. The average molecular weight is 652 g/mol. The van der Waals surface area contributed by atoms with E-state index in [1.165, 1.54) is 28.8 Å². The molecule has 2 saturated heterocycles. The molecule has 2 fully saturated rings. The Bertz CT molecular complexity index is 1930. The van der Waals surface area contributed by atoms with Crippen molar-refractivity contribution >= 4 is 34.3 Å². The maximum atomic E-state index is 15.6. The normalized spacial score (nSPS) is 17.2. The lowest BCUT2D eigenvalue weighted by Crippen LogP contribution is -2.49. The number of anilines is 1. The van der Waals surface area contributed by atoms with Crippen molar-refractivity contribution in [3.05, 3.63) is 75.6 Å². The van der Waals surface area contributed by atoms with Crippen molar-refractivity contribution in [2.24, 2.45) is 7.05 Å². The van der Waals surface area contributed by atoms with Gasteiger partial charge in [-0.2, -0.15) is 5.10 Å². The molecule has 0 saturated carbocycles. The number of carbonyl (C=O) groups is 3. The summed E-state index contributed by atoms with van der Waals surface area (Å²) in [4.78, 5) is 52.3. The van der Waals surface area contributed by atoms with Crippen molar-refractivity contribution in [2.75, 3.05) is 38.6 Å². The zero-order valence-electron chi connectivity index (χ0n) is 25.7. The van der Waals surface area contributed by atoms with E-state index in [9.17, 15) is 28.0 Å². The van der Waals surface area contributed by atoms with E-state index >= 15 is 4.39 Å². The predicted molar refractivity (Wildman–Crippen MR) is 165 cm³/mol. The highest BCUT2D eigenvalue weighted by molar-refractivity contribution is 6.01. The number of aromatic amines is 1. The molecule has 0 bridgehead atoms. The zero-order valence-corrected chi connectivity index (χ0v) is 25.7. The second kappa shape index (κ2) is 12.9. The van der Waals surface area contributed by atoms with Gasteiger partial charge in [-0.05, 0) is 36.2 Å². The van der Waals surface area contributed by atoms with Crippen LogP contribution in [0, 0.1) is 17.5 Å². The lowest BCUT2D eigenvalue weighted by molar-refractivity contribution is -0.134. The molecule has 12 nitrogen and oxygen atoms in total. The molecule has 2 aromatic carbocycles. The minimum absolute atomic E-state index is 0.0270. The number of ether oxygens (including phenoxy) is 1. The van der Waals surface area contributed by atoms with Gasteiger partial charge < -0.3 is 19.5 Å². The Kier molecular flexibility index (Phi) is 8.73. The first-order chi connectivity index (χ1) is 22.5. The Morgan fingerprint density at radius 3 is 2.40 bits per heavy atom. The fourth-order valence-corrected chi connectivity index (χ4v) is 6.01. The Morgan fingerprint density at radius 1 is 1.02 bits per heavy atom. The number of carbonyl (C=O) groups excluding carboxylic acids is 3. The molecule has 4 aromatic rings. The summed E-state index contributed by atoms with van der Waals surface area (Å²) < 4.78 is 52.4. The molecule has 1 atom stereocenters. The van der Waals surface area contributed by atoms with Crippen LogP contribution < -0.4 is 20.9 Å². The molecule has 3 N–H and O–H groups in total. The molecule has 0 radical (unpaired) electrons. The van der Waals surface area contributed by atoms with Crippen LogP contribution in [0.25, 0.3) is 22.0 Å². The van der Waals surface area contributed by atoms with E-state index in [0.717, 1.165) is 12.1 Å². The number of nitrogens with one attached hydrogen (secondary N) is 3. The second-order valence-electron chi connectivity index (χ2n) is 11.7. The molecular formula is C32H32F3N7O5. The topological polar surface area (TPSA) is 142 Å². The SMILES string of the molecule is COc1cc(-c2cn(C)c(=O)c3[nH]ncc23)cc(F)c1CN1CCN(C(=O)Cc2c(F)cc(NC3CCC(=O)NC3=O)cc2F)CC1. The van der Waals surface area contributed by atoms with Gasteiger partial charge in [-0.15, -0.1) is 0 Å². The number of nitrogens with zero attached hydrogens (tertiary/aromatic N) is 4. The minimum atomic E-state index is -0.927. The highest BCUT2D eigenvalue weighted by Gasteiger charge is 2.28. The lowest BCUT2D eigenvalue weighted by Gasteiger charge is -2.35. The first kappa shape index (κ1) is 31.8. The van der Waals surface area contributed by atoms with E-state index in [4.69, 9.17) is 4.74 Å². The number of benzene rings is 2. The number of piperidine rings is 1. The number of aryl methyl sites for hydroxylation is 1. The van der Waals surface area contributed by atoms with Gasteiger partial charge in [0.2, 0.25) is 17.7 Å². The molecule has 6 rings (SSSR count). The number of rotatable bonds is 8. The largest absolute Gasteiger partial charge is 0.496 e. The van der Waals surface area contributed by atoms with Crippen LogP contribution in [0.2, 0.25) is 0 Å². The number of aromatic nitrogens is 3. The molecule has 15 heteroatoms. The number of fused-ring (bicyclic) bond motifs is 1. The molecule has 246 valence electrons. The van der Waals surface area contributed by atoms with Crippen LogP contribution in [0.15, 0.2) is 41.5 Å². The van der Waals surface area contributed by atoms with Gasteiger partial charge in [0.25, 0.3) is 5.56 Å². The number of hydrogen-bond donors (Lipinski definition) is 3. The second-order valence-corrected chi connectivity index (χ2v) is 11.7. The third kappa shape index (κ3) is 6.43. The molecular weight excluding hydrogens is 619 g/mol. The number of hydrogen-bond acceptors (Lipinski definition) is 8. The van der Waals surface area contributed by atoms with Crippen LogP contribution in [0.4, 0.5) is 18.9 Å². The summed E-state index contributed by atoms with van der Waals surface area (Å²) in [5.74, 6) is -3.46. The van der Waals surface area contributed by atoms with E-state index in [0.29, 0.717) is 46.4 Å². The third-order valence-corrected chi connectivity index (χ3v) is 8.63. The van der Waals surface area contributed by atoms with Gasteiger partial charge in [0.05, 0.1) is 19.7 Å². The zero-order chi connectivity index (χ0) is 33.4. The molecule has 1 unspecified atom stereocenters. The van der Waals surface area contributed by atoms with E-state index in [2.05, 4.69) is 20.8 Å². The van der Waals surface area contributed by atoms with Gasteiger partial charge in [-0.25, -0.2) is 13.2 Å². The van der Waals surface area contributed by atoms with Crippen molar-refractivity contribution in [2.45, 2.75) is 31.8 Å². The van der Waals surface area contributed by atoms with Crippen molar-refractivity contribution < 1.29 is 32.3 Å². The number of methoxy groups -OCH3 is 1. The van der Waals surface area contributed by atoms with Crippen LogP contribution in [0.1, 0.15) is 24.0 Å². The fraction of sp³-hybridized carbons (Fsp3) is 0.344. The monoisotopic (exact) mass is 651 g/mol. The number of amides is 3. The highest BCUT2D eigenvalue weighted by Crippen LogP contribution is 2.33. The summed E-state index contributed by atoms with van der Waals surface area (Å²) in [6.45, 7) is 1.54. The van der Waals surface area contributed by atoms with Gasteiger partial charge in [-0.3, -0.25) is 34.5 Å². The quantitative estimate of drug-likeness (QED) is 0.247. The van der Waals surface area contributed by atoms with Crippen molar-refractivity contribution in [3.8, 4) is 16.9 Å². The Hall–Kier alpha value is -5.18. The summed E-state index contributed by atoms with van der Waals surface area (Å²) in [6, 6.07) is 4.34. The lowest BCUT2D eigenvalue weighted by atomic mass is 10.0. The number of H-pyrrole nitrogens is 1. The summed E-state index contributed by atoms with van der Waals surface area (Å²) in [6.07, 6.45) is 2.95. The number of imide groups is 1. The number of halogens is 3. The summed E-state index contributed by atoms with van der Waals surface area (Å²) >= 11 is 0. The van der Waals surface area contributed by atoms with Crippen LogP contribution in [-0.2, 0) is 34.4 Å².